The summed E-state index contributed by atoms with van der Waals surface area (Å²) < 4.78 is 5.54. The molecule has 0 bridgehead atoms. The maximum Gasteiger partial charge on any atom is 0.350 e. The largest absolute Gasteiger partial charge is 0.391 e. The summed E-state index contributed by atoms with van der Waals surface area (Å²) in [6, 6.07) is 5.61. The molecule has 1 heterocycles. The van der Waals surface area contributed by atoms with E-state index in [1.165, 1.54) is 5.56 Å². The van der Waals surface area contributed by atoms with Crippen molar-refractivity contribution in [1.29, 1.82) is 0 Å². The second kappa shape index (κ2) is 3.63. The minimum absolute atomic E-state index is 0.406. The summed E-state index contributed by atoms with van der Waals surface area (Å²) in [5, 5.41) is 2.90. The molecule has 0 fully saturated rings. The normalized spacial score (nSPS) is 10.4. The van der Waals surface area contributed by atoms with Gasteiger partial charge in [-0.1, -0.05) is 6.07 Å². The topological polar surface area (TPSA) is 26.3 Å². The van der Waals surface area contributed by atoms with Gasteiger partial charge in [0.25, 0.3) is 0 Å². The van der Waals surface area contributed by atoms with Crippen LogP contribution in [0.3, 0.4) is 0 Å². The zero-order valence-electron chi connectivity index (χ0n) is 7.48. The Balaban J connectivity index is 2.72. The predicted octanol–water partition coefficient (Wildman–Crippen LogP) is 3.21. The van der Waals surface area contributed by atoms with Crippen molar-refractivity contribution in [2.45, 2.75) is 6.92 Å². The van der Waals surface area contributed by atoms with Crippen LogP contribution in [0, 0.1) is 6.92 Å². The van der Waals surface area contributed by atoms with Crippen LogP contribution in [-0.2, 0) is 4.18 Å². The molecule has 2 aromatic rings. The highest BCUT2D eigenvalue weighted by atomic mass is 32.1. The fraction of sp³-hybridized carbons (Fsp3) is 0.100. The van der Waals surface area contributed by atoms with E-state index in [1.807, 2.05) is 24.4 Å². The van der Waals surface area contributed by atoms with E-state index >= 15 is 0 Å². The number of thiol groups is 1. The zero-order chi connectivity index (χ0) is 10.1. The van der Waals surface area contributed by atoms with E-state index in [0.717, 1.165) is 10.1 Å². The summed E-state index contributed by atoms with van der Waals surface area (Å²) in [5.74, 6) is -0.406. The van der Waals surface area contributed by atoms with Gasteiger partial charge in [-0.05, 0) is 30.0 Å². The predicted molar refractivity (Wildman–Crippen MR) is 61.0 cm³/mol. The van der Waals surface area contributed by atoms with Crippen LogP contribution in [0.1, 0.15) is 15.9 Å². The van der Waals surface area contributed by atoms with Crippen LogP contribution in [-0.4, -0.2) is 5.97 Å². The van der Waals surface area contributed by atoms with E-state index in [9.17, 15) is 4.79 Å². The molecule has 0 amide bonds. The molecule has 1 aromatic carbocycles. The van der Waals surface area contributed by atoms with E-state index in [4.69, 9.17) is 0 Å². The molecule has 0 N–H and O–H groups in total. The average Bonchev–Trinajstić information content (AvgIpc) is 2.67. The van der Waals surface area contributed by atoms with Crippen molar-refractivity contribution >= 4 is 40.3 Å². The number of hydrogen-bond acceptors (Lipinski definition) is 4. The summed E-state index contributed by atoms with van der Waals surface area (Å²) in [4.78, 5) is 11.3. The summed E-state index contributed by atoms with van der Waals surface area (Å²) in [6.45, 7) is 2.02. The number of thiophene rings is 1. The molecule has 0 unspecified atom stereocenters. The Morgan fingerprint density at radius 3 is 2.93 bits per heavy atom. The standard InChI is InChI=1S/C10H8O2S2/c1-6-2-3-8(10(11)12-13)7-4-5-14-9(6)7/h2-5,13H,1H3. The van der Waals surface area contributed by atoms with Gasteiger partial charge in [0.05, 0.1) is 5.56 Å². The van der Waals surface area contributed by atoms with Crippen LogP contribution < -0.4 is 0 Å². The lowest BCUT2D eigenvalue weighted by atomic mass is 10.1. The smallest absolute Gasteiger partial charge is 0.350 e. The molecule has 0 radical (unpaired) electrons. The molecular formula is C10H8O2S2. The highest BCUT2D eigenvalue weighted by molar-refractivity contribution is 7.75. The van der Waals surface area contributed by atoms with Gasteiger partial charge in [-0.15, -0.1) is 11.3 Å². The van der Waals surface area contributed by atoms with Gasteiger partial charge in [-0.2, -0.15) is 0 Å². The van der Waals surface area contributed by atoms with E-state index in [0.29, 0.717) is 5.56 Å². The molecule has 0 atom stereocenters. The molecule has 0 spiro atoms. The summed E-state index contributed by atoms with van der Waals surface area (Å²) in [7, 11) is 0. The second-order valence-corrected chi connectivity index (χ2v) is 4.07. The van der Waals surface area contributed by atoms with Gasteiger partial charge in [-0.3, -0.25) is 0 Å². The van der Waals surface area contributed by atoms with Gasteiger partial charge in [0.1, 0.15) is 0 Å². The molecule has 4 heteroatoms. The number of carbonyl (C=O) groups excluding carboxylic acids is 1. The van der Waals surface area contributed by atoms with Crippen molar-refractivity contribution in [2.75, 3.05) is 0 Å². The summed E-state index contributed by atoms with van der Waals surface area (Å²) in [5.41, 5.74) is 1.74. The molecule has 2 rings (SSSR count). The quantitative estimate of drug-likeness (QED) is 0.594. The number of carbonyl (C=O) groups is 1. The molecule has 0 saturated carbocycles. The Morgan fingerprint density at radius 1 is 1.43 bits per heavy atom. The molecule has 2 nitrogen and oxygen atoms in total. The first kappa shape index (κ1) is 9.55. The second-order valence-electron chi connectivity index (χ2n) is 2.97. The average molecular weight is 224 g/mol. The van der Waals surface area contributed by atoms with Crippen LogP contribution in [0.5, 0.6) is 0 Å². The first-order valence-electron chi connectivity index (χ1n) is 4.06. The Morgan fingerprint density at radius 2 is 2.21 bits per heavy atom. The molecule has 0 aliphatic heterocycles. The monoisotopic (exact) mass is 224 g/mol. The first-order valence-corrected chi connectivity index (χ1v) is 5.31. The SMILES string of the molecule is Cc1ccc(C(=O)OS)c2ccsc12. The van der Waals surface area contributed by atoms with Gasteiger partial charge in [0.15, 0.2) is 0 Å². The molecule has 72 valence electrons. The summed E-state index contributed by atoms with van der Waals surface area (Å²) >= 11 is 5.14. The van der Waals surface area contributed by atoms with Crippen molar-refractivity contribution in [2.24, 2.45) is 0 Å². The van der Waals surface area contributed by atoms with Crippen molar-refractivity contribution in [3.63, 3.8) is 0 Å². The minimum atomic E-state index is -0.406. The lowest BCUT2D eigenvalue weighted by Gasteiger charge is -2.01. The van der Waals surface area contributed by atoms with E-state index in [1.54, 1.807) is 17.4 Å². The molecular weight excluding hydrogens is 216 g/mol. The fourth-order valence-corrected chi connectivity index (χ4v) is 2.43. The lowest BCUT2D eigenvalue weighted by molar-refractivity contribution is 0.0774. The maximum absolute atomic E-state index is 11.3. The first-order chi connectivity index (χ1) is 6.74. The third-order valence-electron chi connectivity index (χ3n) is 2.12. The third-order valence-corrected chi connectivity index (χ3v) is 3.33. The molecule has 1 aromatic heterocycles. The Hall–Kier alpha value is -1.00. The molecule has 0 aliphatic rings. The fourth-order valence-electron chi connectivity index (χ4n) is 1.43. The molecule has 0 saturated heterocycles. The van der Waals surface area contributed by atoms with Gasteiger partial charge < -0.3 is 4.18 Å². The van der Waals surface area contributed by atoms with Crippen LogP contribution >= 0.6 is 24.2 Å². The van der Waals surface area contributed by atoms with Crippen molar-refractivity contribution in [3.05, 3.63) is 34.7 Å². The summed E-state index contributed by atoms with van der Waals surface area (Å²) in [6.07, 6.45) is 0. The van der Waals surface area contributed by atoms with E-state index in [-0.39, 0.29) is 0 Å². The van der Waals surface area contributed by atoms with Crippen molar-refractivity contribution in [1.82, 2.24) is 0 Å². The number of aryl methyl sites for hydroxylation is 1. The van der Waals surface area contributed by atoms with E-state index < -0.39 is 5.97 Å². The zero-order valence-corrected chi connectivity index (χ0v) is 9.19. The molecule has 14 heavy (non-hydrogen) atoms. The third kappa shape index (κ3) is 1.40. The minimum Gasteiger partial charge on any atom is -0.391 e. The Kier molecular flexibility index (Phi) is 2.48. The van der Waals surface area contributed by atoms with Gasteiger partial charge in [-0.25, -0.2) is 4.79 Å². The van der Waals surface area contributed by atoms with Crippen LogP contribution in [0.25, 0.3) is 10.1 Å². The lowest BCUT2D eigenvalue weighted by Crippen LogP contribution is -1.98. The van der Waals surface area contributed by atoms with Crippen molar-refractivity contribution in [3.8, 4) is 0 Å². The maximum atomic E-state index is 11.3. The van der Waals surface area contributed by atoms with E-state index in [2.05, 4.69) is 17.1 Å². The molecule has 0 aliphatic carbocycles. The van der Waals surface area contributed by atoms with Crippen molar-refractivity contribution < 1.29 is 8.98 Å². The highest BCUT2D eigenvalue weighted by Crippen LogP contribution is 2.28. The number of benzene rings is 1. The number of fused-ring (bicyclic) bond motifs is 1. The number of rotatable bonds is 1. The Bertz CT molecular complexity index is 488. The highest BCUT2D eigenvalue weighted by Gasteiger charge is 2.12. The van der Waals surface area contributed by atoms with Gasteiger partial charge >= 0.3 is 5.97 Å². The van der Waals surface area contributed by atoms with Crippen LogP contribution in [0.2, 0.25) is 0 Å². The van der Waals surface area contributed by atoms with Gasteiger partial charge in [0, 0.05) is 23.0 Å². The number of hydrogen-bond donors (Lipinski definition) is 1. The Labute approximate surface area is 91.1 Å². The van der Waals surface area contributed by atoms with Crippen LogP contribution in [0.15, 0.2) is 23.6 Å². The van der Waals surface area contributed by atoms with Gasteiger partial charge in [0.2, 0.25) is 0 Å². The van der Waals surface area contributed by atoms with Crippen LogP contribution in [0.4, 0.5) is 0 Å².